The molecule has 2 aliphatic heterocycles. The summed E-state index contributed by atoms with van der Waals surface area (Å²) in [6.45, 7) is 3.27. The summed E-state index contributed by atoms with van der Waals surface area (Å²) >= 11 is 1.50. The maximum Gasteiger partial charge on any atom is 0.416 e. The van der Waals surface area contributed by atoms with Crippen molar-refractivity contribution < 1.29 is 21.6 Å². The van der Waals surface area contributed by atoms with Crippen LogP contribution in [0.25, 0.3) is 0 Å². The number of piperidine rings is 1. The van der Waals surface area contributed by atoms with Gasteiger partial charge in [0.05, 0.1) is 22.7 Å². The fraction of sp³-hybridized carbons (Fsp3) is 0.478. The van der Waals surface area contributed by atoms with Crippen LogP contribution in [-0.4, -0.2) is 45.2 Å². The van der Waals surface area contributed by atoms with Crippen molar-refractivity contribution in [2.45, 2.75) is 41.7 Å². The second-order valence-corrected chi connectivity index (χ2v) is 11.5. The Bertz CT molecular complexity index is 1080. The lowest BCUT2D eigenvalue weighted by molar-refractivity contribution is -0.137. The Labute approximate surface area is 197 Å². The van der Waals surface area contributed by atoms with Crippen LogP contribution in [0.3, 0.4) is 0 Å². The first-order valence-corrected chi connectivity index (χ1v) is 13.6. The van der Waals surface area contributed by atoms with Crippen LogP contribution in [0, 0.1) is 5.92 Å². The van der Waals surface area contributed by atoms with Gasteiger partial charge in [0, 0.05) is 16.3 Å². The average molecular weight is 500 g/mol. The number of benzene rings is 2. The molecule has 4 rings (SSSR count). The molecule has 2 aromatic carbocycles. The number of alkyl halides is 3. The smallest absolute Gasteiger partial charge is 0.340 e. The van der Waals surface area contributed by atoms with Crippen molar-refractivity contribution in [1.29, 1.82) is 0 Å². The summed E-state index contributed by atoms with van der Waals surface area (Å²) in [5.41, 5.74) is 0.916. The molecule has 2 heterocycles. The third-order valence-corrected chi connectivity index (χ3v) is 8.26. The highest BCUT2D eigenvalue weighted by Gasteiger charge is 2.33. The molecule has 10 heteroatoms. The number of halogens is 3. The molecule has 1 fully saturated rings. The summed E-state index contributed by atoms with van der Waals surface area (Å²) < 4.78 is 62.4. The fourth-order valence-corrected chi connectivity index (χ4v) is 6.27. The molecule has 0 saturated carbocycles. The van der Waals surface area contributed by atoms with Crippen molar-refractivity contribution >= 4 is 33.2 Å². The van der Waals surface area contributed by atoms with Crippen molar-refractivity contribution in [1.82, 2.24) is 4.90 Å². The summed E-state index contributed by atoms with van der Waals surface area (Å²) in [5, 5.41) is 5.11. The number of hydrogen-bond donors (Lipinski definition) is 1. The maximum absolute atomic E-state index is 13.4. The summed E-state index contributed by atoms with van der Waals surface area (Å²) in [7, 11) is -3.42. The molecule has 0 atom stereocenters. The van der Waals surface area contributed by atoms with E-state index in [1.807, 2.05) is 29.2 Å². The van der Waals surface area contributed by atoms with Crippen molar-refractivity contribution in [3.05, 3.63) is 48.0 Å². The molecular weight excluding hydrogens is 471 g/mol. The predicted molar refractivity (Wildman–Crippen MR) is 125 cm³/mol. The average Bonchev–Trinajstić information content (AvgIpc) is 2.76. The van der Waals surface area contributed by atoms with Crippen molar-refractivity contribution in [2.75, 3.05) is 36.8 Å². The Balaban J connectivity index is 1.39. The molecule has 0 radical (unpaired) electrons. The Morgan fingerprint density at radius 3 is 2.39 bits per heavy atom. The Kier molecular flexibility index (Phi) is 7.28. The van der Waals surface area contributed by atoms with Gasteiger partial charge in [0.2, 0.25) is 10.0 Å². The summed E-state index contributed by atoms with van der Waals surface area (Å²) in [6, 6.07) is 11.8. The molecule has 5 nitrogen and oxygen atoms in total. The van der Waals surface area contributed by atoms with Gasteiger partial charge >= 0.3 is 6.18 Å². The highest BCUT2D eigenvalue weighted by atomic mass is 32.2. The summed E-state index contributed by atoms with van der Waals surface area (Å²) in [5.74, 6) is 0.404. The highest BCUT2D eigenvalue weighted by Crippen LogP contribution is 2.49. The van der Waals surface area contributed by atoms with Crippen LogP contribution < -0.4 is 10.0 Å². The van der Waals surface area contributed by atoms with E-state index in [1.54, 1.807) is 6.07 Å². The van der Waals surface area contributed by atoms with E-state index in [0.29, 0.717) is 24.6 Å². The monoisotopic (exact) mass is 499 g/mol. The van der Waals surface area contributed by atoms with Crippen molar-refractivity contribution in [3.8, 4) is 0 Å². The van der Waals surface area contributed by atoms with E-state index < -0.39 is 21.8 Å². The standard InChI is InChI=1S/C23H28F3N3O2S2/c24-23(25,26)18-6-7-22-20(16-18)29(19-4-1-2-5-21(19)32-22)12-3-11-28-13-8-17(9-14-28)10-15-33(27,30)31/h1-2,4-7,16-17H,3,8-15H2,(H2,27,30,31). The zero-order valence-corrected chi connectivity index (χ0v) is 19.9. The van der Waals surface area contributed by atoms with Gasteiger partial charge in [-0.15, -0.1) is 0 Å². The van der Waals surface area contributed by atoms with E-state index in [-0.39, 0.29) is 5.75 Å². The summed E-state index contributed by atoms with van der Waals surface area (Å²) in [4.78, 5) is 6.23. The lowest BCUT2D eigenvalue weighted by Gasteiger charge is -2.35. The van der Waals surface area contributed by atoms with Crippen LogP contribution in [0.1, 0.15) is 31.2 Å². The van der Waals surface area contributed by atoms with Gasteiger partial charge in [0.15, 0.2) is 0 Å². The Morgan fingerprint density at radius 1 is 1.00 bits per heavy atom. The number of hydrogen-bond acceptors (Lipinski definition) is 5. The van der Waals surface area contributed by atoms with Crippen LogP contribution in [0.2, 0.25) is 0 Å². The van der Waals surface area contributed by atoms with Crippen LogP contribution >= 0.6 is 11.8 Å². The summed E-state index contributed by atoms with van der Waals surface area (Å²) in [6.07, 6.45) is -1.08. The zero-order chi connectivity index (χ0) is 23.6. The van der Waals surface area contributed by atoms with E-state index in [2.05, 4.69) is 4.90 Å². The lowest BCUT2D eigenvalue weighted by Crippen LogP contribution is -2.36. The first-order chi connectivity index (χ1) is 15.6. The number of anilines is 2. The minimum atomic E-state index is -4.38. The number of likely N-dealkylation sites (tertiary alicyclic amines) is 1. The fourth-order valence-electron chi connectivity index (χ4n) is 4.53. The lowest BCUT2D eigenvalue weighted by atomic mass is 9.94. The van der Waals surface area contributed by atoms with Gasteiger partial charge in [-0.25, -0.2) is 13.6 Å². The molecule has 180 valence electrons. The molecule has 0 unspecified atom stereocenters. The van der Waals surface area contributed by atoms with Crippen LogP contribution in [-0.2, 0) is 16.2 Å². The largest absolute Gasteiger partial charge is 0.416 e. The highest BCUT2D eigenvalue weighted by molar-refractivity contribution is 7.99. The molecular formula is C23H28F3N3O2S2. The van der Waals surface area contributed by atoms with Gasteiger partial charge in [-0.05, 0) is 81.6 Å². The first kappa shape index (κ1) is 24.4. The third-order valence-electron chi connectivity index (χ3n) is 6.33. The Hall–Kier alpha value is -1.75. The molecule has 1 saturated heterocycles. The van der Waals surface area contributed by atoms with Gasteiger partial charge in [0.25, 0.3) is 0 Å². The van der Waals surface area contributed by atoms with Gasteiger partial charge in [0.1, 0.15) is 0 Å². The number of nitrogens with two attached hydrogens (primary N) is 1. The van der Waals surface area contributed by atoms with Crippen LogP contribution in [0.5, 0.6) is 0 Å². The van der Waals surface area contributed by atoms with Gasteiger partial charge in [-0.2, -0.15) is 13.2 Å². The minimum absolute atomic E-state index is 0.0311. The second-order valence-electron chi connectivity index (χ2n) is 8.70. The molecule has 2 aromatic rings. The molecule has 0 amide bonds. The van der Waals surface area contributed by atoms with E-state index in [1.165, 1.54) is 17.8 Å². The van der Waals surface area contributed by atoms with E-state index in [4.69, 9.17) is 5.14 Å². The Morgan fingerprint density at radius 2 is 1.70 bits per heavy atom. The van der Waals surface area contributed by atoms with E-state index >= 15 is 0 Å². The SMILES string of the molecule is NS(=O)(=O)CCC1CCN(CCCN2c3ccccc3Sc3ccc(C(F)(F)F)cc32)CC1. The molecule has 2 N–H and O–H groups in total. The van der Waals surface area contributed by atoms with Gasteiger partial charge < -0.3 is 9.80 Å². The van der Waals surface area contributed by atoms with Crippen molar-refractivity contribution in [2.24, 2.45) is 11.1 Å². The first-order valence-electron chi connectivity index (χ1n) is 11.1. The number of nitrogens with zero attached hydrogens (tertiary/aromatic N) is 2. The number of sulfonamides is 1. The second kappa shape index (κ2) is 9.85. The molecule has 0 aromatic heterocycles. The molecule has 2 aliphatic rings. The zero-order valence-electron chi connectivity index (χ0n) is 18.2. The van der Waals surface area contributed by atoms with Crippen LogP contribution in [0.4, 0.5) is 24.5 Å². The van der Waals surface area contributed by atoms with Gasteiger partial charge in [-0.1, -0.05) is 23.9 Å². The number of rotatable bonds is 7. The van der Waals surface area contributed by atoms with E-state index in [0.717, 1.165) is 60.4 Å². The molecule has 0 spiro atoms. The molecule has 33 heavy (non-hydrogen) atoms. The third kappa shape index (κ3) is 6.23. The number of fused-ring (bicyclic) bond motifs is 2. The molecule has 0 aliphatic carbocycles. The molecule has 0 bridgehead atoms. The topological polar surface area (TPSA) is 66.6 Å². The van der Waals surface area contributed by atoms with Crippen molar-refractivity contribution in [3.63, 3.8) is 0 Å². The van der Waals surface area contributed by atoms with Crippen LogP contribution in [0.15, 0.2) is 52.3 Å². The predicted octanol–water partition coefficient (Wildman–Crippen LogP) is 5.09. The minimum Gasteiger partial charge on any atom is -0.340 e. The number of para-hydroxylation sites is 1. The quantitative estimate of drug-likeness (QED) is 0.575. The van der Waals surface area contributed by atoms with E-state index in [9.17, 15) is 21.6 Å². The number of primary sulfonamides is 1. The van der Waals surface area contributed by atoms with Gasteiger partial charge in [-0.3, -0.25) is 0 Å². The normalized spacial score (nSPS) is 17.6. The maximum atomic E-state index is 13.4.